The highest BCUT2D eigenvalue weighted by molar-refractivity contribution is 9.10. The number of hydrogen-bond acceptors (Lipinski definition) is 4. The van der Waals surface area contributed by atoms with Crippen LogP contribution in [0.2, 0.25) is 0 Å². The first-order valence-electron chi connectivity index (χ1n) is 9.95. The van der Waals surface area contributed by atoms with Crippen LogP contribution in [-0.2, 0) is 11.4 Å². The third-order valence-corrected chi connectivity index (χ3v) is 5.26. The van der Waals surface area contributed by atoms with Gasteiger partial charge in [-0.15, -0.1) is 0 Å². The smallest absolute Gasteiger partial charge is 0.266 e. The molecule has 0 spiro atoms. The maximum atomic E-state index is 12.6. The lowest BCUT2D eigenvalue weighted by Gasteiger charge is -2.14. The average Bonchev–Trinajstić information content (AvgIpc) is 2.76. The quantitative estimate of drug-likeness (QED) is 0.316. The molecule has 6 heteroatoms. The Bertz CT molecular complexity index is 1210. The summed E-state index contributed by atoms with van der Waals surface area (Å²) in [6.45, 7) is 4.35. The van der Waals surface area contributed by atoms with E-state index in [4.69, 9.17) is 9.47 Å². The number of nitriles is 1. The number of benzene rings is 3. The Labute approximate surface area is 196 Å². The van der Waals surface area contributed by atoms with Gasteiger partial charge in [0, 0.05) is 5.69 Å². The minimum atomic E-state index is -0.479. The van der Waals surface area contributed by atoms with Gasteiger partial charge in [0.2, 0.25) is 0 Å². The first-order valence-corrected chi connectivity index (χ1v) is 10.7. The van der Waals surface area contributed by atoms with Crippen LogP contribution in [-0.4, -0.2) is 13.0 Å². The minimum absolute atomic E-state index is 0.0195. The highest BCUT2D eigenvalue weighted by atomic mass is 79.9. The summed E-state index contributed by atoms with van der Waals surface area (Å²) in [6, 6.07) is 21.0. The van der Waals surface area contributed by atoms with E-state index in [1.807, 2.05) is 56.3 Å². The molecule has 1 N–H and O–H groups in total. The normalized spacial score (nSPS) is 10.9. The lowest BCUT2D eigenvalue weighted by Crippen LogP contribution is -2.13. The molecular formula is C26H23BrN2O3. The van der Waals surface area contributed by atoms with Gasteiger partial charge in [0.05, 0.1) is 11.6 Å². The number of nitrogens with zero attached hydrogens (tertiary/aromatic N) is 1. The van der Waals surface area contributed by atoms with Crippen molar-refractivity contribution in [3.8, 4) is 17.6 Å². The molecule has 32 heavy (non-hydrogen) atoms. The Morgan fingerprint density at radius 2 is 1.81 bits per heavy atom. The van der Waals surface area contributed by atoms with Crippen LogP contribution >= 0.6 is 15.9 Å². The number of rotatable bonds is 7. The second-order valence-electron chi connectivity index (χ2n) is 7.31. The SMILES string of the molecule is COc1cc(/C=C(/C#N)C(=O)Nc2cccc(C)c2)cc(Br)c1OCc1cccc(C)c1. The van der Waals surface area contributed by atoms with Crippen molar-refractivity contribution in [3.05, 3.63) is 93.0 Å². The summed E-state index contributed by atoms with van der Waals surface area (Å²) in [4.78, 5) is 12.6. The number of hydrogen-bond donors (Lipinski definition) is 1. The van der Waals surface area contributed by atoms with E-state index in [1.54, 1.807) is 25.3 Å². The summed E-state index contributed by atoms with van der Waals surface area (Å²) in [5.74, 6) is 0.566. The van der Waals surface area contributed by atoms with Crippen LogP contribution in [0.4, 0.5) is 5.69 Å². The highest BCUT2D eigenvalue weighted by Crippen LogP contribution is 2.37. The van der Waals surface area contributed by atoms with Crippen LogP contribution in [0.5, 0.6) is 11.5 Å². The molecule has 0 unspecified atom stereocenters. The molecule has 3 aromatic rings. The average molecular weight is 491 g/mol. The fourth-order valence-electron chi connectivity index (χ4n) is 3.16. The Hall–Kier alpha value is -3.56. The van der Waals surface area contributed by atoms with E-state index in [9.17, 15) is 10.1 Å². The van der Waals surface area contributed by atoms with Crippen LogP contribution < -0.4 is 14.8 Å². The van der Waals surface area contributed by atoms with Gasteiger partial charge in [0.25, 0.3) is 5.91 Å². The summed E-state index contributed by atoms with van der Waals surface area (Å²) in [5.41, 5.74) is 4.46. The molecule has 0 aliphatic carbocycles. The first kappa shape index (κ1) is 23.1. The van der Waals surface area contributed by atoms with Gasteiger partial charge in [-0.05, 0) is 76.8 Å². The first-order chi connectivity index (χ1) is 15.4. The van der Waals surface area contributed by atoms with Crippen molar-refractivity contribution < 1.29 is 14.3 Å². The van der Waals surface area contributed by atoms with Crippen LogP contribution in [0.1, 0.15) is 22.3 Å². The maximum absolute atomic E-state index is 12.6. The molecule has 0 aliphatic rings. The maximum Gasteiger partial charge on any atom is 0.266 e. The topological polar surface area (TPSA) is 71.3 Å². The summed E-state index contributed by atoms with van der Waals surface area (Å²) in [6.07, 6.45) is 1.52. The van der Waals surface area contributed by atoms with Gasteiger partial charge in [-0.3, -0.25) is 4.79 Å². The van der Waals surface area contributed by atoms with Crippen molar-refractivity contribution in [1.29, 1.82) is 5.26 Å². The molecule has 0 aliphatic heterocycles. The van der Waals surface area contributed by atoms with Crippen molar-refractivity contribution in [2.24, 2.45) is 0 Å². The molecule has 3 aromatic carbocycles. The van der Waals surface area contributed by atoms with Gasteiger partial charge >= 0.3 is 0 Å². The number of aryl methyl sites for hydroxylation is 2. The summed E-state index contributed by atoms with van der Waals surface area (Å²) < 4.78 is 12.1. The fraction of sp³-hybridized carbons (Fsp3) is 0.154. The predicted octanol–water partition coefficient (Wildman–Crippen LogP) is 6.20. The van der Waals surface area contributed by atoms with Gasteiger partial charge in [-0.2, -0.15) is 5.26 Å². The van der Waals surface area contributed by atoms with Gasteiger partial charge in [0.15, 0.2) is 11.5 Å². The predicted molar refractivity (Wildman–Crippen MR) is 130 cm³/mol. The van der Waals surface area contributed by atoms with Gasteiger partial charge in [-0.1, -0.05) is 42.0 Å². The van der Waals surface area contributed by atoms with Crippen molar-refractivity contribution in [1.82, 2.24) is 0 Å². The van der Waals surface area contributed by atoms with E-state index in [0.29, 0.717) is 33.8 Å². The molecule has 1 amide bonds. The number of ether oxygens (including phenoxy) is 2. The number of amides is 1. The van der Waals surface area contributed by atoms with E-state index in [2.05, 4.69) is 27.3 Å². The van der Waals surface area contributed by atoms with Gasteiger partial charge in [-0.25, -0.2) is 0 Å². The van der Waals surface area contributed by atoms with E-state index in [0.717, 1.165) is 16.7 Å². The molecule has 0 aromatic heterocycles. The molecule has 5 nitrogen and oxygen atoms in total. The monoisotopic (exact) mass is 490 g/mol. The Morgan fingerprint density at radius 3 is 2.47 bits per heavy atom. The van der Waals surface area contributed by atoms with Crippen LogP contribution in [0.15, 0.2) is 70.7 Å². The second-order valence-corrected chi connectivity index (χ2v) is 8.16. The zero-order valence-corrected chi connectivity index (χ0v) is 19.7. The lowest BCUT2D eigenvalue weighted by atomic mass is 10.1. The number of nitrogens with one attached hydrogen (secondary N) is 1. The Kier molecular flexibility index (Phi) is 7.69. The molecule has 162 valence electrons. The Morgan fingerprint density at radius 1 is 1.09 bits per heavy atom. The largest absolute Gasteiger partial charge is 0.493 e. The third-order valence-electron chi connectivity index (χ3n) is 4.67. The number of carbonyl (C=O) groups excluding carboxylic acids is 1. The number of anilines is 1. The molecule has 0 radical (unpaired) electrons. The summed E-state index contributed by atoms with van der Waals surface area (Å²) in [7, 11) is 1.55. The molecule has 0 atom stereocenters. The van der Waals surface area contributed by atoms with Gasteiger partial charge < -0.3 is 14.8 Å². The fourth-order valence-corrected chi connectivity index (χ4v) is 3.73. The third kappa shape index (κ3) is 5.99. The Balaban J connectivity index is 1.82. The second kappa shape index (κ2) is 10.7. The number of halogens is 1. The van der Waals surface area contributed by atoms with Crippen molar-refractivity contribution in [2.75, 3.05) is 12.4 Å². The van der Waals surface area contributed by atoms with Crippen molar-refractivity contribution >= 4 is 33.6 Å². The van der Waals surface area contributed by atoms with Gasteiger partial charge in [0.1, 0.15) is 18.2 Å². The van der Waals surface area contributed by atoms with Crippen LogP contribution in [0, 0.1) is 25.2 Å². The zero-order chi connectivity index (χ0) is 23.1. The van der Waals surface area contributed by atoms with Crippen LogP contribution in [0.25, 0.3) is 6.08 Å². The molecule has 0 saturated heterocycles. The number of methoxy groups -OCH3 is 1. The molecular weight excluding hydrogens is 468 g/mol. The van der Waals surface area contributed by atoms with Crippen LogP contribution in [0.3, 0.4) is 0 Å². The summed E-state index contributed by atoms with van der Waals surface area (Å²) in [5, 5.41) is 12.3. The highest BCUT2D eigenvalue weighted by Gasteiger charge is 2.14. The molecule has 0 heterocycles. The molecule has 0 fully saturated rings. The van der Waals surface area contributed by atoms with E-state index in [1.165, 1.54) is 6.08 Å². The number of carbonyl (C=O) groups is 1. The van der Waals surface area contributed by atoms with Crippen molar-refractivity contribution in [2.45, 2.75) is 20.5 Å². The van der Waals surface area contributed by atoms with E-state index < -0.39 is 5.91 Å². The molecule has 0 bridgehead atoms. The zero-order valence-electron chi connectivity index (χ0n) is 18.1. The minimum Gasteiger partial charge on any atom is -0.493 e. The lowest BCUT2D eigenvalue weighted by molar-refractivity contribution is -0.112. The van der Waals surface area contributed by atoms with Crippen molar-refractivity contribution in [3.63, 3.8) is 0 Å². The van der Waals surface area contributed by atoms with E-state index >= 15 is 0 Å². The summed E-state index contributed by atoms with van der Waals surface area (Å²) >= 11 is 3.52. The standard InChI is InChI=1S/C26H23BrN2O3/c1-17-6-4-8-19(10-17)16-32-25-23(27)13-20(14-24(25)31-3)12-21(15-28)26(30)29-22-9-5-7-18(2)11-22/h4-14H,16H2,1-3H3,(H,29,30)/b21-12-. The molecule has 0 saturated carbocycles. The van der Waals surface area contributed by atoms with E-state index in [-0.39, 0.29) is 5.57 Å². The molecule has 3 rings (SSSR count).